The SMILES string of the molecule is CC(C)N=C1C=C(F)NN(F)N1. The van der Waals surface area contributed by atoms with E-state index in [2.05, 4.69) is 10.4 Å². The third kappa shape index (κ3) is 2.46. The molecule has 0 aliphatic carbocycles. The molecule has 0 unspecified atom stereocenters. The van der Waals surface area contributed by atoms with Gasteiger partial charge < -0.3 is 0 Å². The number of hydrazine groups is 2. The molecule has 2 N–H and O–H groups in total. The minimum Gasteiger partial charge on any atom is -0.265 e. The van der Waals surface area contributed by atoms with Crippen LogP contribution in [0.1, 0.15) is 13.8 Å². The van der Waals surface area contributed by atoms with Crippen LogP contribution in [0.5, 0.6) is 0 Å². The molecule has 0 amide bonds. The van der Waals surface area contributed by atoms with Crippen LogP contribution >= 0.6 is 0 Å². The molecule has 68 valence electrons. The highest BCUT2D eigenvalue weighted by atomic mass is 19.2. The van der Waals surface area contributed by atoms with Crippen molar-refractivity contribution >= 4 is 5.84 Å². The number of nitrogens with zero attached hydrogens (tertiary/aromatic N) is 2. The third-order valence-corrected chi connectivity index (χ3v) is 1.08. The zero-order valence-corrected chi connectivity index (χ0v) is 6.81. The summed E-state index contributed by atoms with van der Waals surface area (Å²) in [6.45, 7) is 3.62. The Hall–Kier alpha value is -1.17. The van der Waals surface area contributed by atoms with Crippen LogP contribution in [0.25, 0.3) is 0 Å². The molecule has 1 heterocycles. The van der Waals surface area contributed by atoms with Crippen LogP contribution in [0.4, 0.5) is 8.87 Å². The summed E-state index contributed by atoms with van der Waals surface area (Å²) >= 11 is 0. The van der Waals surface area contributed by atoms with Gasteiger partial charge in [0, 0.05) is 17.5 Å². The van der Waals surface area contributed by atoms with Crippen molar-refractivity contribution in [3.05, 3.63) is 12.0 Å². The standard InChI is InChI=1S/C6H10F2N4/c1-4(2)9-6-3-5(7)10-12(8)11-6/h3-4,10H,1-2H3,(H,9,11). The molecule has 1 rings (SSSR count). The molecule has 1 aliphatic rings. The summed E-state index contributed by atoms with van der Waals surface area (Å²) in [5.74, 6) is -0.626. The number of hydrogen-bond acceptors (Lipinski definition) is 3. The van der Waals surface area contributed by atoms with Crippen molar-refractivity contribution in [3.63, 3.8) is 0 Å². The molecular weight excluding hydrogens is 166 g/mol. The van der Waals surface area contributed by atoms with Crippen molar-refractivity contribution in [3.8, 4) is 0 Å². The Bertz CT molecular complexity index is 224. The van der Waals surface area contributed by atoms with E-state index in [0.717, 1.165) is 6.08 Å². The van der Waals surface area contributed by atoms with Crippen LogP contribution in [0.2, 0.25) is 0 Å². The van der Waals surface area contributed by atoms with Gasteiger partial charge in [-0.3, -0.25) is 10.4 Å². The van der Waals surface area contributed by atoms with Gasteiger partial charge in [-0.25, -0.2) is 5.43 Å². The van der Waals surface area contributed by atoms with E-state index in [1.165, 1.54) is 0 Å². The van der Waals surface area contributed by atoms with E-state index in [-0.39, 0.29) is 17.2 Å². The summed E-state index contributed by atoms with van der Waals surface area (Å²) in [4.78, 5) is 3.90. The smallest absolute Gasteiger partial charge is 0.208 e. The maximum atomic E-state index is 12.5. The maximum Gasteiger partial charge on any atom is 0.208 e. The fraction of sp³-hybridized carbons (Fsp3) is 0.500. The number of halogens is 2. The van der Waals surface area contributed by atoms with Gasteiger partial charge in [0.15, 0.2) is 0 Å². The topological polar surface area (TPSA) is 39.7 Å². The number of amidine groups is 1. The summed E-state index contributed by atoms with van der Waals surface area (Å²) < 4.78 is 24.9. The molecule has 12 heavy (non-hydrogen) atoms. The molecule has 0 aromatic rings. The first-order valence-electron chi connectivity index (χ1n) is 3.52. The highest BCUT2D eigenvalue weighted by Gasteiger charge is 2.13. The van der Waals surface area contributed by atoms with Crippen LogP contribution in [-0.4, -0.2) is 17.2 Å². The minimum absolute atomic E-state index is 0.0111. The highest BCUT2D eigenvalue weighted by Crippen LogP contribution is 2.00. The predicted molar refractivity (Wildman–Crippen MR) is 41.0 cm³/mol. The van der Waals surface area contributed by atoms with Crippen LogP contribution in [0, 0.1) is 0 Å². The average molecular weight is 176 g/mol. The van der Waals surface area contributed by atoms with Crippen molar-refractivity contribution in [2.24, 2.45) is 4.99 Å². The zero-order valence-electron chi connectivity index (χ0n) is 6.81. The van der Waals surface area contributed by atoms with E-state index < -0.39 is 5.95 Å². The maximum absolute atomic E-state index is 12.5. The number of hydrogen-bond donors (Lipinski definition) is 2. The lowest BCUT2D eigenvalue weighted by Gasteiger charge is -2.19. The fourth-order valence-corrected chi connectivity index (χ4v) is 0.751. The van der Waals surface area contributed by atoms with E-state index in [1.54, 1.807) is 5.43 Å². The monoisotopic (exact) mass is 176 g/mol. The molecule has 0 saturated heterocycles. The second kappa shape index (κ2) is 3.48. The molecule has 0 atom stereocenters. The summed E-state index contributed by atoms with van der Waals surface area (Å²) in [5.41, 5.74) is 3.92. The van der Waals surface area contributed by atoms with Crippen LogP contribution in [0.3, 0.4) is 0 Å². The zero-order chi connectivity index (χ0) is 9.14. The predicted octanol–water partition coefficient (Wildman–Crippen LogP) is 0.814. The van der Waals surface area contributed by atoms with E-state index in [9.17, 15) is 8.87 Å². The largest absolute Gasteiger partial charge is 0.265 e. The van der Waals surface area contributed by atoms with Gasteiger partial charge in [-0.15, -0.1) is 0 Å². The lowest BCUT2D eigenvalue weighted by atomic mass is 10.4. The van der Waals surface area contributed by atoms with Crippen molar-refractivity contribution < 1.29 is 8.87 Å². The van der Waals surface area contributed by atoms with E-state index in [4.69, 9.17) is 0 Å². The van der Waals surface area contributed by atoms with Crippen LogP contribution in [-0.2, 0) is 0 Å². The molecule has 0 radical (unpaired) electrons. The van der Waals surface area contributed by atoms with Gasteiger partial charge in [0.25, 0.3) is 0 Å². The number of rotatable bonds is 1. The first-order chi connectivity index (χ1) is 5.58. The molecule has 0 fully saturated rings. The Morgan fingerprint density at radius 2 is 2.17 bits per heavy atom. The van der Waals surface area contributed by atoms with Crippen LogP contribution in [0.15, 0.2) is 17.0 Å². The Kier molecular flexibility index (Phi) is 2.59. The summed E-state index contributed by atoms with van der Waals surface area (Å²) in [5, 5.41) is -0.0868. The quantitative estimate of drug-likeness (QED) is 0.459. The molecule has 6 heteroatoms. The Balaban J connectivity index is 2.73. The average Bonchev–Trinajstić information content (AvgIpc) is 1.81. The van der Waals surface area contributed by atoms with E-state index in [0.29, 0.717) is 0 Å². The van der Waals surface area contributed by atoms with Gasteiger partial charge in [-0.2, -0.15) is 4.39 Å². The van der Waals surface area contributed by atoms with Gasteiger partial charge >= 0.3 is 0 Å². The molecular formula is C6H10F2N4. The van der Waals surface area contributed by atoms with Gasteiger partial charge in [0.1, 0.15) is 5.84 Å². The van der Waals surface area contributed by atoms with Crippen molar-refractivity contribution in [1.82, 2.24) is 16.2 Å². The Labute approximate surface area is 68.8 Å². The molecule has 1 aliphatic heterocycles. The second-order valence-electron chi connectivity index (χ2n) is 2.60. The summed E-state index contributed by atoms with van der Waals surface area (Å²) in [6, 6.07) is -0.0111. The number of aliphatic imine (C=N–C) groups is 1. The molecule has 0 bridgehead atoms. The minimum atomic E-state index is -0.782. The molecule has 0 saturated carbocycles. The molecule has 4 nitrogen and oxygen atoms in total. The Morgan fingerprint density at radius 1 is 1.50 bits per heavy atom. The molecule has 0 spiro atoms. The van der Waals surface area contributed by atoms with Gasteiger partial charge in [-0.1, -0.05) is 4.48 Å². The molecule has 0 aromatic carbocycles. The van der Waals surface area contributed by atoms with Crippen molar-refractivity contribution in [2.75, 3.05) is 0 Å². The van der Waals surface area contributed by atoms with Gasteiger partial charge in [0.05, 0.1) is 0 Å². The van der Waals surface area contributed by atoms with Gasteiger partial charge in [-0.05, 0) is 13.8 Å². The molecule has 0 aromatic heterocycles. The highest BCUT2D eigenvalue weighted by molar-refractivity contribution is 5.93. The Morgan fingerprint density at radius 3 is 2.67 bits per heavy atom. The van der Waals surface area contributed by atoms with Crippen molar-refractivity contribution in [2.45, 2.75) is 19.9 Å². The lowest BCUT2D eigenvalue weighted by molar-refractivity contribution is -0.0613. The fourth-order valence-electron chi connectivity index (χ4n) is 0.751. The second-order valence-corrected chi connectivity index (χ2v) is 2.60. The summed E-state index contributed by atoms with van der Waals surface area (Å²) in [6.07, 6.45) is 1.08. The van der Waals surface area contributed by atoms with Crippen molar-refractivity contribution in [1.29, 1.82) is 0 Å². The lowest BCUT2D eigenvalue weighted by Crippen LogP contribution is -2.47. The van der Waals surface area contributed by atoms with Crippen LogP contribution < -0.4 is 10.9 Å². The normalized spacial score (nSPS) is 22.1. The van der Waals surface area contributed by atoms with E-state index >= 15 is 0 Å². The third-order valence-electron chi connectivity index (χ3n) is 1.08. The first kappa shape index (κ1) is 8.92. The first-order valence-corrected chi connectivity index (χ1v) is 3.52. The van der Waals surface area contributed by atoms with E-state index in [1.807, 2.05) is 13.8 Å². The summed E-state index contributed by atoms with van der Waals surface area (Å²) in [7, 11) is 0. The van der Waals surface area contributed by atoms with Gasteiger partial charge in [0.2, 0.25) is 5.95 Å². The number of nitrogens with one attached hydrogen (secondary N) is 2.